The molecule has 36 heavy (non-hydrogen) atoms. The summed E-state index contributed by atoms with van der Waals surface area (Å²) in [6, 6.07) is 10.3. The van der Waals surface area contributed by atoms with Crippen molar-refractivity contribution in [2.24, 2.45) is 0 Å². The van der Waals surface area contributed by atoms with E-state index >= 15 is 0 Å². The van der Waals surface area contributed by atoms with Crippen LogP contribution in [0.25, 0.3) is 11.3 Å². The standard InChI is InChI=1S/C23H19ClF2N4O4S2/c1-12-8-15(27-10-14-4-3-5-18(34-2)20(14)31)11-28-22(12)36(32,33)30-23-29-19(21(26)35-23)13-6-7-16(24)17(25)9-13/h3-9,11,27,31H,10H2,1-2H3,(H,29,30). The Morgan fingerprint density at radius 3 is 2.67 bits per heavy atom. The Labute approximate surface area is 214 Å². The molecular formula is C23H19ClF2N4O4S2. The van der Waals surface area contributed by atoms with Gasteiger partial charge >= 0.3 is 0 Å². The molecule has 13 heteroatoms. The quantitative estimate of drug-likeness (QED) is 0.262. The Bertz CT molecular complexity index is 1550. The van der Waals surface area contributed by atoms with Gasteiger partial charge in [-0.15, -0.1) is 0 Å². The summed E-state index contributed by atoms with van der Waals surface area (Å²) in [6.07, 6.45) is 1.32. The topological polar surface area (TPSA) is 113 Å². The molecule has 0 aliphatic rings. The molecule has 0 fully saturated rings. The summed E-state index contributed by atoms with van der Waals surface area (Å²) in [6.45, 7) is 1.79. The zero-order valence-electron chi connectivity index (χ0n) is 18.8. The normalized spacial score (nSPS) is 11.4. The average Bonchev–Trinajstić information content (AvgIpc) is 3.19. The second kappa shape index (κ2) is 10.2. The third-order valence-corrected chi connectivity index (χ3v) is 7.66. The monoisotopic (exact) mass is 552 g/mol. The first-order valence-corrected chi connectivity index (χ1v) is 13.0. The van der Waals surface area contributed by atoms with E-state index in [0.717, 1.165) is 6.07 Å². The minimum absolute atomic E-state index is 0.00281. The molecule has 0 radical (unpaired) electrons. The van der Waals surface area contributed by atoms with Gasteiger partial charge in [-0.1, -0.05) is 41.1 Å². The number of anilines is 2. The summed E-state index contributed by atoms with van der Waals surface area (Å²) in [7, 11) is -2.75. The molecule has 0 saturated heterocycles. The number of halogens is 3. The van der Waals surface area contributed by atoms with Crippen molar-refractivity contribution in [3.8, 4) is 22.8 Å². The minimum Gasteiger partial charge on any atom is -0.504 e. The fraction of sp³-hybridized carbons (Fsp3) is 0.130. The summed E-state index contributed by atoms with van der Waals surface area (Å²) in [5.41, 5.74) is 1.31. The van der Waals surface area contributed by atoms with Crippen molar-refractivity contribution in [2.75, 3.05) is 17.1 Å². The van der Waals surface area contributed by atoms with Crippen LogP contribution < -0.4 is 14.8 Å². The molecule has 0 atom stereocenters. The number of hydrogen-bond donors (Lipinski definition) is 3. The van der Waals surface area contributed by atoms with E-state index in [2.05, 4.69) is 20.0 Å². The Morgan fingerprint density at radius 1 is 1.19 bits per heavy atom. The Kier molecular flexibility index (Phi) is 7.29. The molecule has 0 saturated carbocycles. The van der Waals surface area contributed by atoms with Crippen molar-refractivity contribution in [1.82, 2.24) is 9.97 Å². The van der Waals surface area contributed by atoms with E-state index in [4.69, 9.17) is 16.3 Å². The number of nitrogens with one attached hydrogen (secondary N) is 2. The van der Waals surface area contributed by atoms with E-state index in [1.165, 1.54) is 25.4 Å². The van der Waals surface area contributed by atoms with E-state index in [1.807, 2.05) is 0 Å². The number of rotatable bonds is 8. The number of aryl methyl sites for hydroxylation is 1. The van der Waals surface area contributed by atoms with Crippen LogP contribution in [0, 0.1) is 17.9 Å². The molecule has 0 amide bonds. The third kappa shape index (κ3) is 5.35. The smallest absolute Gasteiger partial charge is 0.281 e. The summed E-state index contributed by atoms with van der Waals surface area (Å²) >= 11 is 6.12. The number of ether oxygens (including phenoxy) is 1. The van der Waals surface area contributed by atoms with Gasteiger partial charge in [0.15, 0.2) is 21.7 Å². The van der Waals surface area contributed by atoms with Crippen molar-refractivity contribution in [3.05, 3.63) is 75.8 Å². The Balaban J connectivity index is 1.51. The lowest BCUT2D eigenvalue weighted by atomic mass is 10.2. The molecular weight excluding hydrogens is 534 g/mol. The van der Waals surface area contributed by atoms with Gasteiger partial charge in [-0.3, -0.25) is 4.72 Å². The molecule has 0 unspecified atom stereocenters. The predicted molar refractivity (Wildman–Crippen MR) is 134 cm³/mol. The van der Waals surface area contributed by atoms with Crippen molar-refractivity contribution >= 4 is 43.8 Å². The van der Waals surface area contributed by atoms with Crippen LogP contribution >= 0.6 is 22.9 Å². The van der Waals surface area contributed by atoms with E-state index in [-0.39, 0.29) is 38.7 Å². The minimum atomic E-state index is -4.20. The van der Waals surface area contributed by atoms with Crippen molar-refractivity contribution in [1.29, 1.82) is 0 Å². The Morgan fingerprint density at radius 2 is 1.97 bits per heavy atom. The number of pyridine rings is 1. The predicted octanol–water partition coefficient (Wildman–Crippen LogP) is 5.57. The summed E-state index contributed by atoms with van der Waals surface area (Å²) in [5, 5.41) is 11.8. The maximum Gasteiger partial charge on any atom is 0.281 e. The highest BCUT2D eigenvalue weighted by atomic mass is 35.5. The van der Waals surface area contributed by atoms with Gasteiger partial charge in [-0.25, -0.2) is 14.4 Å². The highest BCUT2D eigenvalue weighted by Gasteiger charge is 2.23. The molecule has 0 bridgehead atoms. The van der Waals surface area contributed by atoms with E-state index in [0.29, 0.717) is 33.9 Å². The average molecular weight is 553 g/mol. The number of sulfonamides is 1. The van der Waals surface area contributed by atoms with Gasteiger partial charge in [0.2, 0.25) is 5.13 Å². The molecule has 4 aromatic rings. The van der Waals surface area contributed by atoms with Crippen LogP contribution in [0.2, 0.25) is 5.02 Å². The highest BCUT2D eigenvalue weighted by Crippen LogP contribution is 2.33. The number of thiazole rings is 1. The summed E-state index contributed by atoms with van der Waals surface area (Å²) in [5.74, 6) is -0.421. The number of methoxy groups -OCH3 is 1. The molecule has 2 aromatic carbocycles. The van der Waals surface area contributed by atoms with Gasteiger partial charge in [0.1, 0.15) is 11.5 Å². The molecule has 188 valence electrons. The molecule has 2 heterocycles. The molecule has 0 aliphatic heterocycles. The van der Waals surface area contributed by atoms with Gasteiger partial charge < -0.3 is 15.2 Å². The number of phenols is 1. The fourth-order valence-electron chi connectivity index (χ4n) is 3.34. The fourth-order valence-corrected chi connectivity index (χ4v) is 5.57. The number of nitrogens with zero attached hydrogens (tertiary/aromatic N) is 2. The van der Waals surface area contributed by atoms with Gasteiger partial charge in [0, 0.05) is 17.7 Å². The van der Waals surface area contributed by atoms with Gasteiger partial charge in [0.05, 0.1) is 24.0 Å². The van der Waals surface area contributed by atoms with Crippen LogP contribution in [0.4, 0.5) is 19.6 Å². The summed E-state index contributed by atoms with van der Waals surface area (Å²) < 4.78 is 61.3. The number of aromatic nitrogens is 2. The van der Waals surface area contributed by atoms with E-state index < -0.39 is 21.0 Å². The zero-order valence-corrected chi connectivity index (χ0v) is 21.2. The highest BCUT2D eigenvalue weighted by molar-refractivity contribution is 7.92. The van der Waals surface area contributed by atoms with Crippen LogP contribution in [-0.4, -0.2) is 30.6 Å². The van der Waals surface area contributed by atoms with Crippen LogP contribution in [-0.2, 0) is 16.6 Å². The molecule has 8 nitrogen and oxygen atoms in total. The third-order valence-electron chi connectivity index (χ3n) is 5.07. The molecule has 3 N–H and O–H groups in total. The first-order chi connectivity index (χ1) is 17.1. The summed E-state index contributed by atoms with van der Waals surface area (Å²) in [4.78, 5) is 8.01. The van der Waals surface area contributed by atoms with Crippen molar-refractivity contribution in [2.45, 2.75) is 18.5 Å². The SMILES string of the molecule is COc1cccc(CNc2cnc(S(=O)(=O)Nc3nc(-c4ccc(Cl)c(F)c4)c(F)s3)c(C)c2)c1O. The second-order valence-corrected chi connectivity index (χ2v) is 10.5. The van der Waals surface area contributed by atoms with Crippen LogP contribution in [0.3, 0.4) is 0 Å². The molecule has 4 rings (SSSR count). The van der Waals surface area contributed by atoms with Crippen LogP contribution in [0.1, 0.15) is 11.1 Å². The van der Waals surface area contributed by atoms with Gasteiger partial charge in [-0.2, -0.15) is 12.8 Å². The maximum atomic E-state index is 14.5. The first kappa shape index (κ1) is 25.6. The number of benzene rings is 2. The zero-order chi connectivity index (χ0) is 26.0. The van der Waals surface area contributed by atoms with Crippen molar-refractivity contribution < 1.29 is 27.0 Å². The number of aromatic hydroxyl groups is 1. The number of para-hydroxylation sites is 1. The van der Waals surface area contributed by atoms with Crippen molar-refractivity contribution in [3.63, 3.8) is 0 Å². The van der Waals surface area contributed by atoms with Gasteiger partial charge in [0.25, 0.3) is 10.0 Å². The molecule has 2 aromatic heterocycles. The number of phenolic OH excluding ortho intramolecular Hbond substituents is 1. The molecule has 0 aliphatic carbocycles. The number of hydrogen-bond acceptors (Lipinski definition) is 8. The second-order valence-electron chi connectivity index (χ2n) is 7.54. The Hall–Kier alpha value is -3.48. The molecule has 0 spiro atoms. The maximum absolute atomic E-state index is 14.5. The van der Waals surface area contributed by atoms with E-state index in [1.54, 1.807) is 31.2 Å². The van der Waals surface area contributed by atoms with E-state index in [9.17, 15) is 22.3 Å². The van der Waals surface area contributed by atoms with Gasteiger partial charge in [-0.05, 0) is 36.8 Å². The van der Waals surface area contributed by atoms with Crippen LogP contribution in [0.15, 0.2) is 53.7 Å². The lowest BCUT2D eigenvalue weighted by Gasteiger charge is -2.12. The first-order valence-electron chi connectivity index (χ1n) is 10.3. The lowest BCUT2D eigenvalue weighted by molar-refractivity contribution is 0.371. The van der Waals surface area contributed by atoms with Crippen LogP contribution in [0.5, 0.6) is 11.5 Å². The lowest BCUT2D eigenvalue weighted by Crippen LogP contribution is -2.16. The largest absolute Gasteiger partial charge is 0.504 e.